The third kappa shape index (κ3) is 2.87. The number of nitrogens with one attached hydrogen (secondary N) is 2. The van der Waals surface area contributed by atoms with E-state index < -0.39 is 15.8 Å². The first kappa shape index (κ1) is 14.6. The summed E-state index contributed by atoms with van der Waals surface area (Å²) >= 11 is 0. The van der Waals surface area contributed by atoms with Crippen LogP contribution >= 0.6 is 0 Å². The normalized spacial score (nSPS) is 11.8. The largest absolute Gasteiger partial charge is 0.326 e. The average molecular weight is 298 g/mol. The summed E-state index contributed by atoms with van der Waals surface area (Å²) in [5, 5.41) is 6.18. The number of sulfonamides is 1. The molecule has 2 rings (SSSR count). The smallest absolute Gasteiger partial charge is 0.260 e. The van der Waals surface area contributed by atoms with Gasteiger partial charge in [-0.1, -0.05) is 18.2 Å². The highest BCUT2D eigenvalue weighted by atomic mass is 32.2. The van der Waals surface area contributed by atoms with Crippen molar-refractivity contribution in [2.24, 2.45) is 5.73 Å². The molecule has 1 aromatic heterocycles. The van der Waals surface area contributed by atoms with Crippen LogP contribution in [0.2, 0.25) is 0 Å². The van der Waals surface area contributed by atoms with Crippen molar-refractivity contribution >= 4 is 10.0 Å². The molecule has 4 N–H and O–H groups in total. The maximum absolute atomic E-state index is 13.4. The Labute approximate surface area is 116 Å². The monoisotopic (exact) mass is 298 g/mol. The Balaban J connectivity index is 2.22. The fourth-order valence-electron chi connectivity index (χ4n) is 1.78. The number of aromatic amines is 1. The first-order chi connectivity index (χ1) is 9.45. The van der Waals surface area contributed by atoms with Crippen LogP contribution in [0.5, 0.6) is 0 Å². The Kier molecular flexibility index (Phi) is 4.17. The SMILES string of the molecule is Cc1[nH]nc(S(=O)(=O)NCc2ccccc2F)c1CN. The average Bonchev–Trinajstić information content (AvgIpc) is 2.79. The molecular formula is C12H15FN4O2S. The van der Waals surface area contributed by atoms with Gasteiger partial charge in [-0.2, -0.15) is 5.10 Å². The second-order valence-electron chi connectivity index (χ2n) is 4.25. The number of rotatable bonds is 5. The predicted molar refractivity (Wildman–Crippen MR) is 71.6 cm³/mol. The van der Waals surface area contributed by atoms with Gasteiger partial charge in [-0.05, 0) is 13.0 Å². The van der Waals surface area contributed by atoms with E-state index in [1.165, 1.54) is 18.2 Å². The van der Waals surface area contributed by atoms with E-state index in [4.69, 9.17) is 5.73 Å². The van der Waals surface area contributed by atoms with Crippen LogP contribution in [0.1, 0.15) is 16.8 Å². The summed E-state index contributed by atoms with van der Waals surface area (Å²) in [6.07, 6.45) is 0. The van der Waals surface area contributed by atoms with Crippen molar-refractivity contribution in [1.82, 2.24) is 14.9 Å². The van der Waals surface area contributed by atoms with Gasteiger partial charge in [0, 0.05) is 29.9 Å². The van der Waals surface area contributed by atoms with Crippen molar-refractivity contribution in [2.75, 3.05) is 0 Å². The van der Waals surface area contributed by atoms with Crippen LogP contribution in [-0.2, 0) is 23.1 Å². The second kappa shape index (κ2) is 5.70. The number of nitrogens with zero attached hydrogens (tertiary/aromatic N) is 1. The molecule has 2 aromatic rings. The molecule has 8 heteroatoms. The van der Waals surface area contributed by atoms with Crippen LogP contribution in [0.25, 0.3) is 0 Å². The van der Waals surface area contributed by atoms with E-state index in [1.807, 2.05) is 0 Å². The number of aromatic nitrogens is 2. The molecule has 20 heavy (non-hydrogen) atoms. The van der Waals surface area contributed by atoms with Crippen molar-refractivity contribution < 1.29 is 12.8 Å². The minimum atomic E-state index is -3.84. The Morgan fingerprint density at radius 2 is 2.10 bits per heavy atom. The number of benzene rings is 1. The maximum Gasteiger partial charge on any atom is 0.260 e. The lowest BCUT2D eigenvalue weighted by Gasteiger charge is -2.07. The topological polar surface area (TPSA) is 101 Å². The quantitative estimate of drug-likeness (QED) is 0.759. The predicted octanol–water partition coefficient (Wildman–Crippen LogP) is 0.794. The zero-order valence-electron chi connectivity index (χ0n) is 10.9. The van der Waals surface area contributed by atoms with Crippen LogP contribution in [-0.4, -0.2) is 18.6 Å². The minimum absolute atomic E-state index is 0.0538. The highest BCUT2D eigenvalue weighted by molar-refractivity contribution is 7.89. The van der Waals surface area contributed by atoms with Crippen molar-refractivity contribution in [3.05, 3.63) is 46.9 Å². The molecule has 6 nitrogen and oxygen atoms in total. The highest BCUT2D eigenvalue weighted by Crippen LogP contribution is 2.16. The molecule has 0 saturated heterocycles. The second-order valence-corrected chi connectivity index (χ2v) is 5.93. The van der Waals surface area contributed by atoms with E-state index in [2.05, 4.69) is 14.9 Å². The molecule has 1 heterocycles. The van der Waals surface area contributed by atoms with Crippen LogP contribution < -0.4 is 10.5 Å². The molecule has 0 aliphatic heterocycles. The van der Waals surface area contributed by atoms with E-state index >= 15 is 0 Å². The lowest BCUT2D eigenvalue weighted by molar-refractivity contribution is 0.569. The number of aryl methyl sites for hydroxylation is 1. The molecule has 0 saturated carbocycles. The Morgan fingerprint density at radius 1 is 1.40 bits per heavy atom. The summed E-state index contributed by atoms with van der Waals surface area (Å²) in [5.74, 6) is -0.465. The number of H-pyrrole nitrogens is 1. The van der Waals surface area contributed by atoms with Gasteiger partial charge in [0.15, 0.2) is 5.03 Å². The third-order valence-corrected chi connectivity index (χ3v) is 4.28. The fraction of sp³-hybridized carbons (Fsp3) is 0.250. The molecule has 0 aliphatic rings. The van der Waals surface area contributed by atoms with Crippen molar-refractivity contribution in [2.45, 2.75) is 25.0 Å². The maximum atomic E-state index is 13.4. The van der Waals surface area contributed by atoms with Crippen LogP contribution in [0.3, 0.4) is 0 Å². The Morgan fingerprint density at radius 3 is 2.75 bits per heavy atom. The molecule has 0 bridgehead atoms. The molecule has 1 aromatic carbocycles. The first-order valence-corrected chi connectivity index (χ1v) is 7.41. The van der Waals surface area contributed by atoms with E-state index in [1.54, 1.807) is 13.0 Å². The van der Waals surface area contributed by atoms with Gasteiger partial charge < -0.3 is 5.73 Å². The number of nitrogens with two attached hydrogens (primary N) is 1. The Bertz CT molecular complexity index is 712. The molecule has 0 radical (unpaired) electrons. The molecule has 0 spiro atoms. The third-order valence-electron chi connectivity index (χ3n) is 2.91. The van der Waals surface area contributed by atoms with Crippen molar-refractivity contribution in [3.63, 3.8) is 0 Å². The summed E-state index contributed by atoms with van der Waals surface area (Å²) < 4.78 is 40.0. The van der Waals surface area contributed by atoms with E-state index in [-0.39, 0.29) is 23.7 Å². The van der Waals surface area contributed by atoms with Gasteiger partial charge in [0.05, 0.1) is 0 Å². The zero-order chi connectivity index (χ0) is 14.8. The lowest BCUT2D eigenvalue weighted by atomic mass is 10.2. The van der Waals surface area contributed by atoms with Crippen molar-refractivity contribution in [1.29, 1.82) is 0 Å². The summed E-state index contributed by atoms with van der Waals surface area (Å²) in [6, 6.07) is 5.96. The van der Waals surface area contributed by atoms with Crippen LogP contribution in [0.4, 0.5) is 4.39 Å². The minimum Gasteiger partial charge on any atom is -0.326 e. The lowest BCUT2D eigenvalue weighted by Crippen LogP contribution is -2.25. The van der Waals surface area contributed by atoms with Gasteiger partial charge in [-0.25, -0.2) is 17.5 Å². The first-order valence-electron chi connectivity index (χ1n) is 5.92. The number of halogens is 1. The molecule has 108 valence electrons. The van der Waals surface area contributed by atoms with Crippen LogP contribution in [0, 0.1) is 12.7 Å². The van der Waals surface area contributed by atoms with E-state index in [0.717, 1.165) is 0 Å². The number of hydrogen-bond donors (Lipinski definition) is 3. The van der Waals surface area contributed by atoms with E-state index in [9.17, 15) is 12.8 Å². The summed E-state index contributed by atoms with van der Waals surface area (Å²) in [4.78, 5) is 0. The van der Waals surface area contributed by atoms with Gasteiger partial charge in [-0.3, -0.25) is 5.10 Å². The van der Waals surface area contributed by atoms with E-state index in [0.29, 0.717) is 11.3 Å². The standard InChI is InChI=1S/C12H15FN4O2S/c1-8-10(6-14)12(17-16-8)20(18,19)15-7-9-4-2-3-5-11(9)13/h2-5,15H,6-7,14H2,1H3,(H,16,17). The highest BCUT2D eigenvalue weighted by Gasteiger charge is 2.23. The van der Waals surface area contributed by atoms with Gasteiger partial charge in [-0.15, -0.1) is 0 Å². The molecule has 0 aliphatic carbocycles. The molecule has 0 fully saturated rings. The summed E-state index contributed by atoms with van der Waals surface area (Å²) in [6.45, 7) is 1.59. The summed E-state index contributed by atoms with van der Waals surface area (Å²) in [5.41, 5.74) is 6.79. The molecular weight excluding hydrogens is 283 g/mol. The molecule has 0 atom stereocenters. The van der Waals surface area contributed by atoms with Gasteiger partial charge in [0.1, 0.15) is 5.82 Å². The Hall–Kier alpha value is -1.77. The van der Waals surface area contributed by atoms with Crippen molar-refractivity contribution in [3.8, 4) is 0 Å². The number of hydrogen-bond acceptors (Lipinski definition) is 4. The molecule has 0 unspecified atom stereocenters. The van der Waals surface area contributed by atoms with Crippen LogP contribution in [0.15, 0.2) is 29.3 Å². The van der Waals surface area contributed by atoms with Gasteiger partial charge in [0.25, 0.3) is 10.0 Å². The fourth-order valence-corrected chi connectivity index (χ4v) is 2.98. The summed E-state index contributed by atoms with van der Waals surface area (Å²) in [7, 11) is -3.84. The van der Waals surface area contributed by atoms with Gasteiger partial charge >= 0.3 is 0 Å². The zero-order valence-corrected chi connectivity index (χ0v) is 11.7. The van der Waals surface area contributed by atoms with Gasteiger partial charge in [0.2, 0.25) is 0 Å². The molecule has 0 amide bonds.